The van der Waals surface area contributed by atoms with E-state index in [1.54, 1.807) is 0 Å². The first kappa shape index (κ1) is 22.2. The standard InChI is InChI=1S/C25H35N3O2/c1-5-6-7-8-9-16-26-25(29)30-22-14-15-23-21(17-22)18-27(3)24(28(23)4)20-12-10-19(2)11-13-20/h10-15,17,24H,5-9,16,18H2,1-4H3,(H,26,29). The molecule has 2 aromatic carbocycles. The van der Waals surface area contributed by atoms with E-state index in [1.807, 2.05) is 12.1 Å². The normalized spacial score (nSPS) is 16.3. The van der Waals surface area contributed by atoms with Gasteiger partial charge in [-0.25, -0.2) is 4.79 Å². The van der Waals surface area contributed by atoms with Gasteiger partial charge in [-0.15, -0.1) is 0 Å². The first-order valence-corrected chi connectivity index (χ1v) is 11.1. The first-order valence-electron chi connectivity index (χ1n) is 11.1. The van der Waals surface area contributed by atoms with E-state index in [0.29, 0.717) is 12.3 Å². The van der Waals surface area contributed by atoms with E-state index in [4.69, 9.17) is 4.74 Å². The van der Waals surface area contributed by atoms with Gasteiger partial charge in [0.2, 0.25) is 0 Å². The summed E-state index contributed by atoms with van der Waals surface area (Å²) in [5, 5.41) is 2.86. The zero-order valence-electron chi connectivity index (χ0n) is 18.8. The van der Waals surface area contributed by atoms with Gasteiger partial charge in [-0.05, 0) is 49.7 Å². The number of amides is 1. The first-order chi connectivity index (χ1) is 14.5. The zero-order valence-corrected chi connectivity index (χ0v) is 18.8. The molecular weight excluding hydrogens is 374 g/mol. The molecule has 1 unspecified atom stereocenters. The molecule has 0 aliphatic carbocycles. The Bertz CT molecular complexity index is 835. The summed E-state index contributed by atoms with van der Waals surface area (Å²) in [7, 11) is 4.24. The summed E-state index contributed by atoms with van der Waals surface area (Å²) in [6.07, 6.45) is 5.66. The van der Waals surface area contributed by atoms with Crippen LogP contribution in [0.15, 0.2) is 42.5 Å². The quantitative estimate of drug-likeness (QED) is 0.574. The molecule has 1 atom stereocenters. The van der Waals surface area contributed by atoms with Crippen molar-refractivity contribution < 1.29 is 9.53 Å². The largest absolute Gasteiger partial charge is 0.412 e. The lowest BCUT2D eigenvalue weighted by Gasteiger charge is -2.42. The lowest BCUT2D eigenvalue weighted by Crippen LogP contribution is -2.41. The third-order valence-corrected chi connectivity index (χ3v) is 5.77. The number of aryl methyl sites for hydroxylation is 1. The molecule has 2 aromatic rings. The molecule has 1 heterocycles. The fourth-order valence-corrected chi connectivity index (χ4v) is 4.16. The molecule has 0 bridgehead atoms. The Morgan fingerprint density at radius 3 is 2.53 bits per heavy atom. The lowest BCUT2D eigenvalue weighted by atomic mass is 10.0. The van der Waals surface area contributed by atoms with E-state index in [9.17, 15) is 4.79 Å². The average Bonchev–Trinajstić information content (AvgIpc) is 2.72. The lowest BCUT2D eigenvalue weighted by molar-refractivity contribution is 0.199. The van der Waals surface area contributed by atoms with Crippen molar-refractivity contribution in [2.75, 3.05) is 25.5 Å². The van der Waals surface area contributed by atoms with Crippen molar-refractivity contribution in [2.24, 2.45) is 0 Å². The molecule has 162 valence electrons. The van der Waals surface area contributed by atoms with E-state index in [0.717, 1.165) is 24.9 Å². The van der Waals surface area contributed by atoms with Gasteiger partial charge in [-0.2, -0.15) is 0 Å². The van der Waals surface area contributed by atoms with Gasteiger partial charge in [0.15, 0.2) is 0 Å². The fraction of sp³-hybridized carbons (Fsp3) is 0.480. The number of nitrogens with one attached hydrogen (secondary N) is 1. The van der Waals surface area contributed by atoms with Crippen LogP contribution in [0.25, 0.3) is 0 Å². The van der Waals surface area contributed by atoms with Crippen LogP contribution in [0.2, 0.25) is 0 Å². The highest BCUT2D eigenvalue weighted by Gasteiger charge is 2.29. The van der Waals surface area contributed by atoms with Crippen molar-refractivity contribution in [1.82, 2.24) is 10.2 Å². The predicted octanol–water partition coefficient (Wildman–Crippen LogP) is 5.63. The van der Waals surface area contributed by atoms with Gasteiger partial charge in [-0.1, -0.05) is 62.4 Å². The minimum Gasteiger partial charge on any atom is -0.410 e. The van der Waals surface area contributed by atoms with Crippen LogP contribution in [-0.4, -0.2) is 31.6 Å². The minimum atomic E-state index is -0.375. The second kappa shape index (κ2) is 10.5. The molecule has 0 aromatic heterocycles. The molecule has 1 aliphatic rings. The van der Waals surface area contributed by atoms with Crippen LogP contribution >= 0.6 is 0 Å². The number of rotatable bonds is 8. The van der Waals surface area contributed by atoms with Crippen molar-refractivity contribution in [3.8, 4) is 5.75 Å². The second-order valence-electron chi connectivity index (χ2n) is 8.33. The van der Waals surface area contributed by atoms with Gasteiger partial charge < -0.3 is 15.0 Å². The summed E-state index contributed by atoms with van der Waals surface area (Å²) in [6.45, 7) is 5.77. The van der Waals surface area contributed by atoms with Crippen molar-refractivity contribution >= 4 is 11.8 Å². The number of ether oxygens (including phenoxy) is 1. The minimum absolute atomic E-state index is 0.181. The van der Waals surface area contributed by atoms with Gasteiger partial charge in [0, 0.05) is 25.8 Å². The Morgan fingerprint density at radius 2 is 1.80 bits per heavy atom. The Hall–Kier alpha value is -2.53. The zero-order chi connectivity index (χ0) is 21.5. The molecule has 5 heteroatoms. The van der Waals surface area contributed by atoms with E-state index in [2.05, 4.69) is 73.4 Å². The van der Waals surface area contributed by atoms with Crippen LogP contribution in [0.1, 0.15) is 61.9 Å². The number of fused-ring (bicyclic) bond motifs is 1. The van der Waals surface area contributed by atoms with Gasteiger partial charge in [0.1, 0.15) is 11.9 Å². The molecule has 1 aliphatic heterocycles. The molecule has 1 amide bonds. The van der Waals surface area contributed by atoms with Gasteiger partial charge in [0.05, 0.1) is 0 Å². The van der Waals surface area contributed by atoms with Gasteiger partial charge in [0.25, 0.3) is 0 Å². The number of anilines is 1. The molecule has 0 fully saturated rings. The van der Waals surface area contributed by atoms with Crippen LogP contribution in [0, 0.1) is 6.92 Å². The van der Waals surface area contributed by atoms with Crippen LogP contribution < -0.4 is 15.0 Å². The number of hydrogen-bond donors (Lipinski definition) is 1. The Morgan fingerprint density at radius 1 is 1.07 bits per heavy atom. The van der Waals surface area contributed by atoms with Crippen molar-refractivity contribution in [3.05, 3.63) is 59.2 Å². The second-order valence-corrected chi connectivity index (χ2v) is 8.33. The topological polar surface area (TPSA) is 44.8 Å². The maximum Gasteiger partial charge on any atom is 0.412 e. The van der Waals surface area contributed by atoms with Crippen molar-refractivity contribution in [3.63, 3.8) is 0 Å². The highest BCUT2D eigenvalue weighted by Crippen LogP contribution is 2.38. The number of carbonyl (C=O) groups is 1. The maximum atomic E-state index is 12.1. The SMILES string of the molecule is CCCCCCCNC(=O)Oc1ccc2c(c1)CN(C)C(c1ccc(C)cc1)N2C. The molecule has 5 nitrogen and oxygen atoms in total. The van der Waals surface area contributed by atoms with Crippen LogP contribution in [0.4, 0.5) is 10.5 Å². The molecule has 0 radical (unpaired) electrons. The van der Waals surface area contributed by atoms with E-state index < -0.39 is 0 Å². The highest BCUT2D eigenvalue weighted by atomic mass is 16.6. The fourth-order valence-electron chi connectivity index (χ4n) is 4.16. The Labute approximate surface area is 181 Å². The predicted molar refractivity (Wildman–Crippen MR) is 123 cm³/mol. The molecule has 3 rings (SSSR count). The van der Waals surface area contributed by atoms with Crippen molar-refractivity contribution in [2.45, 2.75) is 58.7 Å². The van der Waals surface area contributed by atoms with E-state index in [1.165, 1.54) is 36.1 Å². The Kier molecular flexibility index (Phi) is 7.75. The number of hydrogen-bond acceptors (Lipinski definition) is 4. The molecule has 30 heavy (non-hydrogen) atoms. The third-order valence-electron chi connectivity index (χ3n) is 5.77. The van der Waals surface area contributed by atoms with Crippen LogP contribution in [0.5, 0.6) is 5.75 Å². The number of benzene rings is 2. The van der Waals surface area contributed by atoms with Gasteiger partial charge in [-0.3, -0.25) is 4.90 Å². The number of nitrogens with zero attached hydrogens (tertiary/aromatic N) is 2. The summed E-state index contributed by atoms with van der Waals surface area (Å²) in [5.74, 6) is 0.591. The van der Waals surface area contributed by atoms with Gasteiger partial charge >= 0.3 is 6.09 Å². The number of unbranched alkanes of at least 4 members (excludes halogenated alkanes) is 4. The van der Waals surface area contributed by atoms with E-state index in [-0.39, 0.29) is 12.3 Å². The average molecular weight is 410 g/mol. The van der Waals surface area contributed by atoms with Crippen molar-refractivity contribution in [1.29, 1.82) is 0 Å². The van der Waals surface area contributed by atoms with E-state index >= 15 is 0 Å². The third kappa shape index (κ3) is 5.54. The summed E-state index contributed by atoms with van der Waals surface area (Å²) in [5.41, 5.74) is 4.87. The summed E-state index contributed by atoms with van der Waals surface area (Å²) >= 11 is 0. The molecular formula is C25H35N3O2. The summed E-state index contributed by atoms with van der Waals surface area (Å²) in [4.78, 5) is 16.7. The highest BCUT2D eigenvalue weighted by molar-refractivity contribution is 5.71. The molecule has 0 saturated heterocycles. The summed E-state index contributed by atoms with van der Waals surface area (Å²) in [6, 6.07) is 14.6. The summed E-state index contributed by atoms with van der Waals surface area (Å²) < 4.78 is 5.52. The molecule has 0 saturated carbocycles. The molecule has 1 N–H and O–H groups in total. The Balaban J connectivity index is 1.60. The molecule has 0 spiro atoms. The maximum absolute atomic E-state index is 12.1. The monoisotopic (exact) mass is 409 g/mol. The number of carbonyl (C=O) groups excluding carboxylic acids is 1. The van der Waals surface area contributed by atoms with Crippen LogP contribution in [-0.2, 0) is 6.54 Å². The van der Waals surface area contributed by atoms with Crippen LogP contribution in [0.3, 0.4) is 0 Å². The smallest absolute Gasteiger partial charge is 0.410 e.